The maximum atomic E-state index is 12.1. The van der Waals surface area contributed by atoms with Crippen LogP contribution in [0, 0.1) is 6.92 Å². The normalized spacial score (nSPS) is 10.4. The number of hydrogen-bond donors (Lipinski definition) is 1. The van der Waals surface area contributed by atoms with Crippen molar-refractivity contribution in [2.45, 2.75) is 13.5 Å². The van der Waals surface area contributed by atoms with Crippen LogP contribution < -0.4 is 5.32 Å². The molecule has 3 aromatic rings. The monoisotopic (exact) mass is 293 g/mol. The molecule has 0 unspecified atom stereocenters. The number of amides is 1. The van der Waals surface area contributed by atoms with E-state index in [1.54, 1.807) is 12.4 Å². The Bertz CT molecular complexity index is 765. The quantitative estimate of drug-likeness (QED) is 0.801. The van der Waals surface area contributed by atoms with Gasteiger partial charge in [0, 0.05) is 24.3 Å². The van der Waals surface area contributed by atoms with Gasteiger partial charge in [0.05, 0.1) is 18.4 Å². The summed E-state index contributed by atoms with van der Waals surface area (Å²) in [6.07, 6.45) is 6.68. The Morgan fingerprint density at radius 3 is 2.86 bits per heavy atom. The van der Waals surface area contributed by atoms with Gasteiger partial charge in [0.1, 0.15) is 5.69 Å². The maximum absolute atomic E-state index is 12.1. The highest BCUT2D eigenvalue weighted by molar-refractivity contribution is 6.02. The number of carbonyl (C=O) groups is 1. The van der Waals surface area contributed by atoms with Crippen LogP contribution in [0.5, 0.6) is 0 Å². The van der Waals surface area contributed by atoms with Crippen molar-refractivity contribution < 1.29 is 4.79 Å². The molecule has 3 rings (SSSR count). The van der Waals surface area contributed by atoms with E-state index in [1.807, 2.05) is 48.1 Å². The van der Waals surface area contributed by atoms with E-state index in [1.165, 1.54) is 6.20 Å². The lowest BCUT2D eigenvalue weighted by atomic mass is 10.2. The first-order valence-corrected chi connectivity index (χ1v) is 6.87. The highest BCUT2D eigenvalue weighted by Gasteiger charge is 2.08. The van der Waals surface area contributed by atoms with Crippen LogP contribution in [0.2, 0.25) is 0 Å². The van der Waals surface area contributed by atoms with E-state index in [0.29, 0.717) is 12.2 Å². The van der Waals surface area contributed by atoms with Crippen LogP contribution in [-0.4, -0.2) is 25.7 Å². The predicted octanol–water partition coefficient (Wildman–Crippen LogP) is 2.28. The number of nitrogens with zero attached hydrogens (tertiary/aromatic N) is 4. The van der Waals surface area contributed by atoms with E-state index in [4.69, 9.17) is 0 Å². The molecule has 2 aromatic heterocycles. The van der Waals surface area contributed by atoms with Gasteiger partial charge in [-0.2, -0.15) is 5.10 Å². The third kappa shape index (κ3) is 3.35. The number of carbonyl (C=O) groups excluding carboxylic acids is 1. The summed E-state index contributed by atoms with van der Waals surface area (Å²) < 4.78 is 1.83. The first-order chi connectivity index (χ1) is 10.7. The van der Waals surface area contributed by atoms with Gasteiger partial charge in [0.25, 0.3) is 5.91 Å². The van der Waals surface area contributed by atoms with Crippen molar-refractivity contribution in [2.75, 3.05) is 5.32 Å². The van der Waals surface area contributed by atoms with Gasteiger partial charge in [-0.1, -0.05) is 12.1 Å². The van der Waals surface area contributed by atoms with E-state index < -0.39 is 0 Å². The molecule has 1 N–H and O–H groups in total. The van der Waals surface area contributed by atoms with Gasteiger partial charge in [0.2, 0.25) is 0 Å². The summed E-state index contributed by atoms with van der Waals surface area (Å²) in [5.74, 6) is -0.274. The van der Waals surface area contributed by atoms with Crippen molar-refractivity contribution in [3.63, 3.8) is 0 Å². The number of anilines is 1. The van der Waals surface area contributed by atoms with Gasteiger partial charge in [0.15, 0.2) is 0 Å². The maximum Gasteiger partial charge on any atom is 0.275 e. The standard InChI is InChI=1S/C16H15N5O/c1-12-9-18-15(10-17-12)16(22)20-14-5-2-4-13(8-14)11-21-7-3-6-19-21/h2-10H,11H2,1H3,(H,20,22). The van der Waals surface area contributed by atoms with E-state index in [2.05, 4.69) is 20.4 Å². The Balaban J connectivity index is 1.72. The number of aryl methyl sites for hydroxylation is 1. The number of rotatable bonds is 4. The van der Waals surface area contributed by atoms with Crippen LogP contribution in [0.4, 0.5) is 5.69 Å². The Hall–Kier alpha value is -3.02. The molecule has 22 heavy (non-hydrogen) atoms. The van der Waals surface area contributed by atoms with E-state index >= 15 is 0 Å². The van der Waals surface area contributed by atoms with Crippen molar-refractivity contribution >= 4 is 11.6 Å². The topological polar surface area (TPSA) is 72.7 Å². The third-order valence-electron chi connectivity index (χ3n) is 3.10. The molecule has 0 bridgehead atoms. The molecule has 6 heteroatoms. The van der Waals surface area contributed by atoms with Crippen molar-refractivity contribution in [1.29, 1.82) is 0 Å². The zero-order valence-electron chi connectivity index (χ0n) is 12.1. The summed E-state index contributed by atoms with van der Waals surface area (Å²) in [4.78, 5) is 20.3. The molecule has 1 aromatic carbocycles. The molecule has 110 valence electrons. The van der Waals surface area contributed by atoms with Gasteiger partial charge >= 0.3 is 0 Å². The third-order valence-corrected chi connectivity index (χ3v) is 3.10. The summed E-state index contributed by atoms with van der Waals surface area (Å²) in [5.41, 5.74) is 2.84. The van der Waals surface area contributed by atoms with Gasteiger partial charge in [-0.3, -0.25) is 14.5 Å². The fourth-order valence-corrected chi connectivity index (χ4v) is 2.03. The highest BCUT2D eigenvalue weighted by Crippen LogP contribution is 2.12. The second kappa shape index (κ2) is 6.17. The van der Waals surface area contributed by atoms with Crippen LogP contribution in [0.15, 0.2) is 55.1 Å². The van der Waals surface area contributed by atoms with Gasteiger partial charge in [-0.25, -0.2) is 4.98 Å². The summed E-state index contributed by atoms with van der Waals surface area (Å²) in [6, 6.07) is 9.52. The molecule has 0 atom stereocenters. The van der Waals surface area contributed by atoms with Crippen molar-refractivity contribution in [1.82, 2.24) is 19.7 Å². The zero-order valence-corrected chi connectivity index (χ0v) is 12.1. The Kier molecular flexibility index (Phi) is 3.91. The molecule has 0 aliphatic heterocycles. The molecule has 0 saturated carbocycles. The van der Waals surface area contributed by atoms with E-state index in [-0.39, 0.29) is 5.91 Å². The minimum atomic E-state index is -0.274. The van der Waals surface area contributed by atoms with Crippen molar-refractivity contribution in [3.05, 3.63) is 72.1 Å². The van der Waals surface area contributed by atoms with Crippen LogP contribution >= 0.6 is 0 Å². The molecule has 6 nitrogen and oxygen atoms in total. The molecule has 0 radical (unpaired) electrons. The summed E-state index contributed by atoms with van der Waals surface area (Å²) in [6.45, 7) is 2.48. The molecule has 0 fully saturated rings. The molecular weight excluding hydrogens is 278 g/mol. The first-order valence-electron chi connectivity index (χ1n) is 6.87. The molecule has 1 amide bonds. The molecule has 0 aliphatic rings. The molecule has 0 aliphatic carbocycles. The molecule has 2 heterocycles. The van der Waals surface area contributed by atoms with Crippen molar-refractivity contribution in [2.24, 2.45) is 0 Å². The molecular formula is C16H15N5O. The van der Waals surface area contributed by atoms with Gasteiger partial charge in [-0.05, 0) is 30.7 Å². The second-order valence-electron chi connectivity index (χ2n) is 4.90. The average Bonchev–Trinajstić information content (AvgIpc) is 3.01. The molecule has 0 spiro atoms. The Labute approximate surface area is 127 Å². The van der Waals surface area contributed by atoms with E-state index in [9.17, 15) is 4.79 Å². The lowest BCUT2D eigenvalue weighted by Crippen LogP contribution is -2.14. The van der Waals surface area contributed by atoms with Crippen LogP contribution in [0.25, 0.3) is 0 Å². The lowest BCUT2D eigenvalue weighted by Gasteiger charge is -2.07. The van der Waals surface area contributed by atoms with E-state index in [0.717, 1.165) is 16.9 Å². The number of aromatic nitrogens is 4. The largest absolute Gasteiger partial charge is 0.321 e. The van der Waals surface area contributed by atoms with Gasteiger partial charge in [-0.15, -0.1) is 0 Å². The first kappa shape index (κ1) is 13.9. The summed E-state index contributed by atoms with van der Waals surface area (Å²) in [7, 11) is 0. The molecule has 0 saturated heterocycles. The summed E-state index contributed by atoms with van der Waals surface area (Å²) in [5, 5.41) is 7.00. The fraction of sp³-hybridized carbons (Fsp3) is 0.125. The number of nitrogens with one attached hydrogen (secondary N) is 1. The zero-order chi connectivity index (χ0) is 15.4. The van der Waals surface area contributed by atoms with Crippen molar-refractivity contribution in [3.8, 4) is 0 Å². The average molecular weight is 293 g/mol. The smallest absolute Gasteiger partial charge is 0.275 e. The lowest BCUT2D eigenvalue weighted by molar-refractivity contribution is 0.102. The Morgan fingerprint density at radius 1 is 1.23 bits per heavy atom. The fourth-order valence-electron chi connectivity index (χ4n) is 2.03. The van der Waals surface area contributed by atoms with Crippen LogP contribution in [0.3, 0.4) is 0 Å². The predicted molar refractivity (Wildman–Crippen MR) is 82.5 cm³/mol. The second-order valence-corrected chi connectivity index (χ2v) is 4.90. The highest BCUT2D eigenvalue weighted by atomic mass is 16.1. The Morgan fingerprint density at radius 2 is 2.14 bits per heavy atom. The van der Waals surface area contributed by atoms with Crippen LogP contribution in [0.1, 0.15) is 21.7 Å². The minimum absolute atomic E-state index is 0.274. The minimum Gasteiger partial charge on any atom is -0.321 e. The summed E-state index contributed by atoms with van der Waals surface area (Å²) >= 11 is 0. The number of benzene rings is 1. The van der Waals surface area contributed by atoms with Crippen LogP contribution in [-0.2, 0) is 6.54 Å². The van der Waals surface area contributed by atoms with Gasteiger partial charge < -0.3 is 5.32 Å². The number of hydrogen-bond acceptors (Lipinski definition) is 4. The SMILES string of the molecule is Cc1cnc(C(=O)Nc2cccc(Cn3cccn3)c2)cn1.